The van der Waals surface area contributed by atoms with Crippen molar-refractivity contribution in [3.05, 3.63) is 54.1 Å². The van der Waals surface area contributed by atoms with Gasteiger partial charge in [-0.15, -0.1) is 0 Å². The zero-order valence-electron chi connectivity index (χ0n) is 19.3. The van der Waals surface area contributed by atoms with Crippen LogP contribution < -0.4 is 9.47 Å². The van der Waals surface area contributed by atoms with Gasteiger partial charge in [0.25, 0.3) is 5.91 Å². The first kappa shape index (κ1) is 22.6. The van der Waals surface area contributed by atoms with Gasteiger partial charge in [-0.3, -0.25) is 4.79 Å². The summed E-state index contributed by atoms with van der Waals surface area (Å²) < 4.78 is 10.9. The number of aromatic nitrogens is 1. The minimum absolute atomic E-state index is 0.0380. The fraction of sp³-hybridized carbons (Fsp3) is 0.385. The molecule has 2 unspecified atom stereocenters. The molecule has 5 nitrogen and oxygen atoms in total. The number of hydrogen-bond donors (Lipinski definition) is 0. The average molecular weight is 421 g/mol. The lowest BCUT2D eigenvalue weighted by Crippen LogP contribution is -2.44. The van der Waals surface area contributed by atoms with Gasteiger partial charge in [0.1, 0.15) is 11.5 Å². The van der Waals surface area contributed by atoms with Crippen molar-refractivity contribution in [3.8, 4) is 22.8 Å². The van der Waals surface area contributed by atoms with E-state index >= 15 is 0 Å². The zero-order chi connectivity index (χ0) is 22.5. The fourth-order valence-corrected chi connectivity index (χ4v) is 3.87. The van der Waals surface area contributed by atoms with E-state index in [2.05, 4.69) is 27.7 Å². The van der Waals surface area contributed by atoms with Gasteiger partial charge in [-0.2, -0.15) is 0 Å². The van der Waals surface area contributed by atoms with Crippen molar-refractivity contribution in [3.63, 3.8) is 0 Å². The molecule has 1 heterocycles. The van der Waals surface area contributed by atoms with Gasteiger partial charge >= 0.3 is 0 Å². The standard InChI is InChI=1S/C26H32N2O3/c1-7-17(3)28(18(4)8-2)26(29)22-16-24(27-23-12-10-9-11-20(22)23)21-14-13-19(30-5)15-25(21)31-6/h9-18H,7-8H2,1-6H3. The maximum Gasteiger partial charge on any atom is 0.255 e. The van der Waals surface area contributed by atoms with Crippen LogP contribution in [0.3, 0.4) is 0 Å². The van der Waals surface area contributed by atoms with Crippen LogP contribution in [0.2, 0.25) is 0 Å². The average Bonchev–Trinajstić information content (AvgIpc) is 2.82. The molecular formula is C26H32N2O3. The lowest BCUT2D eigenvalue weighted by Gasteiger charge is -2.34. The highest BCUT2D eigenvalue weighted by atomic mass is 16.5. The molecule has 1 amide bonds. The maximum absolute atomic E-state index is 13.8. The van der Waals surface area contributed by atoms with Gasteiger partial charge in [0.05, 0.1) is 31.0 Å². The molecule has 0 aliphatic heterocycles. The van der Waals surface area contributed by atoms with Crippen molar-refractivity contribution >= 4 is 16.8 Å². The van der Waals surface area contributed by atoms with Crippen LogP contribution in [-0.2, 0) is 0 Å². The molecular weight excluding hydrogens is 388 g/mol. The predicted molar refractivity (Wildman–Crippen MR) is 126 cm³/mol. The summed E-state index contributed by atoms with van der Waals surface area (Å²) in [5.41, 5.74) is 2.98. The fourth-order valence-electron chi connectivity index (χ4n) is 3.87. The summed E-state index contributed by atoms with van der Waals surface area (Å²) in [5.74, 6) is 1.40. The maximum atomic E-state index is 13.8. The minimum atomic E-state index is 0.0380. The molecule has 5 heteroatoms. The van der Waals surface area contributed by atoms with Crippen molar-refractivity contribution in [2.75, 3.05) is 14.2 Å². The monoisotopic (exact) mass is 420 g/mol. The molecule has 0 radical (unpaired) electrons. The Hall–Kier alpha value is -3.08. The van der Waals surface area contributed by atoms with Gasteiger partial charge in [-0.1, -0.05) is 32.0 Å². The normalized spacial score (nSPS) is 13.0. The summed E-state index contributed by atoms with van der Waals surface area (Å²) in [4.78, 5) is 20.7. The minimum Gasteiger partial charge on any atom is -0.497 e. The number of rotatable bonds is 8. The number of ether oxygens (including phenoxy) is 2. The first-order valence-corrected chi connectivity index (χ1v) is 10.9. The third kappa shape index (κ3) is 4.50. The van der Waals surface area contributed by atoms with Crippen molar-refractivity contribution < 1.29 is 14.3 Å². The highest BCUT2D eigenvalue weighted by molar-refractivity contribution is 6.07. The molecule has 0 spiro atoms. The molecule has 3 rings (SSSR count). The molecule has 0 N–H and O–H groups in total. The Balaban J connectivity index is 2.22. The molecule has 3 aromatic rings. The van der Waals surface area contributed by atoms with Crippen molar-refractivity contribution in [1.29, 1.82) is 0 Å². The third-order valence-electron chi connectivity index (χ3n) is 6.00. The summed E-state index contributed by atoms with van der Waals surface area (Å²) in [6, 6.07) is 15.6. The summed E-state index contributed by atoms with van der Waals surface area (Å²) in [6.07, 6.45) is 1.80. The van der Waals surface area contributed by atoms with Gasteiger partial charge in [0, 0.05) is 29.1 Å². The molecule has 0 saturated heterocycles. The summed E-state index contributed by atoms with van der Waals surface area (Å²) in [6.45, 7) is 8.46. The molecule has 164 valence electrons. The van der Waals surface area contributed by atoms with E-state index < -0.39 is 0 Å². The number of carbonyl (C=O) groups excluding carboxylic acids is 1. The van der Waals surface area contributed by atoms with Crippen molar-refractivity contribution in [1.82, 2.24) is 9.88 Å². The molecule has 31 heavy (non-hydrogen) atoms. The van der Waals surface area contributed by atoms with Crippen LogP contribution in [0, 0.1) is 0 Å². The highest BCUT2D eigenvalue weighted by Gasteiger charge is 2.27. The van der Waals surface area contributed by atoms with Crippen LogP contribution in [0.25, 0.3) is 22.2 Å². The number of pyridine rings is 1. The summed E-state index contributed by atoms with van der Waals surface area (Å²) in [7, 11) is 3.25. The van der Waals surface area contributed by atoms with E-state index in [1.165, 1.54) is 0 Å². The van der Waals surface area contributed by atoms with Crippen LogP contribution >= 0.6 is 0 Å². The molecule has 2 aromatic carbocycles. The van der Waals surface area contributed by atoms with E-state index in [4.69, 9.17) is 14.5 Å². The number of para-hydroxylation sites is 1. The topological polar surface area (TPSA) is 51.7 Å². The molecule has 1 aromatic heterocycles. The van der Waals surface area contributed by atoms with Gasteiger partial charge in [0.2, 0.25) is 0 Å². The van der Waals surface area contributed by atoms with Crippen molar-refractivity contribution in [2.45, 2.75) is 52.6 Å². The van der Waals surface area contributed by atoms with Gasteiger partial charge in [0.15, 0.2) is 0 Å². The Morgan fingerprint density at radius 1 is 0.968 bits per heavy atom. The quantitative estimate of drug-likeness (QED) is 0.451. The first-order chi connectivity index (χ1) is 14.9. The second-order valence-electron chi connectivity index (χ2n) is 7.87. The SMILES string of the molecule is CCC(C)N(C(=O)c1cc(-c2ccc(OC)cc2OC)nc2ccccc12)C(C)CC. The smallest absolute Gasteiger partial charge is 0.255 e. The highest BCUT2D eigenvalue weighted by Crippen LogP contribution is 2.35. The lowest BCUT2D eigenvalue weighted by atomic mass is 10.0. The Morgan fingerprint density at radius 2 is 1.65 bits per heavy atom. The van der Waals surface area contributed by atoms with Crippen LogP contribution in [-0.4, -0.2) is 42.1 Å². The molecule has 0 aliphatic carbocycles. The van der Waals surface area contributed by atoms with Gasteiger partial charge in [-0.05, 0) is 51.0 Å². The van der Waals surface area contributed by atoms with Crippen LogP contribution in [0.4, 0.5) is 0 Å². The number of nitrogens with zero attached hydrogens (tertiary/aromatic N) is 2. The second kappa shape index (κ2) is 9.82. The van der Waals surface area contributed by atoms with E-state index in [0.29, 0.717) is 22.8 Å². The van der Waals surface area contributed by atoms with E-state index in [9.17, 15) is 4.79 Å². The van der Waals surface area contributed by atoms with E-state index in [0.717, 1.165) is 29.3 Å². The molecule has 0 bridgehead atoms. The molecule has 0 fully saturated rings. The summed E-state index contributed by atoms with van der Waals surface area (Å²) in [5, 5.41) is 0.861. The third-order valence-corrected chi connectivity index (χ3v) is 6.00. The molecule has 0 saturated carbocycles. The van der Waals surface area contributed by atoms with Crippen molar-refractivity contribution in [2.24, 2.45) is 0 Å². The number of methoxy groups -OCH3 is 2. The molecule has 0 aliphatic rings. The lowest BCUT2D eigenvalue weighted by molar-refractivity contribution is 0.0600. The number of benzene rings is 2. The number of hydrogen-bond acceptors (Lipinski definition) is 4. The second-order valence-corrected chi connectivity index (χ2v) is 7.87. The van der Waals surface area contributed by atoms with E-state index in [1.54, 1.807) is 14.2 Å². The Labute approximate surface area is 185 Å². The number of amides is 1. The summed E-state index contributed by atoms with van der Waals surface area (Å²) >= 11 is 0. The first-order valence-electron chi connectivity index (χ1n) is 10.9. The largest absolute Gasteiger partial charge is 0.497 e. The van der Waals surface area contributed by atoms with Gasteiger partial charge in [-0.25, -0.2) is 4.98 Å². The van der Waals surface area contributed by atoms with E-state index in [-0.39, 0.29) is 18.0 Å². The number of carbonyl (C=O) groups is 1. The van der Waals surface area contributed by atoms with Crippen LogP contribution in [0.5, 0.6) is 11.5 Å². The zero-order valence-corrected chi connectivity index (χ0v) is 19.3. The Bertz CT molecular complexity index is 1050. The van der Waals surface area contributed by atoms with Crippen LogP contribution in [0.15, 0.2) is 48.5 Å². The van der Waals surface area contributed by atoms with Crippen LogP contribution in [0.1, 0.15) is 50.9 Å². The Morgan fingerprint density at radius 3 is 2.26 bits per heavy atom. The van der Waals surface area contributed by atoms with E-state index in [1.807, 2.05) is 53.4 Å². The Kier molecular flexibility index (Phi) is 7.16. The van der Waals surface area contributed by atoms with Gasteiger partial charge < -0.3 is 14.4 Å². The number of fused-ring (bicyclic) bond motifs is 1. The molecule has 2 atom stereocenters. The predicted octanol–water partition coefficient (Wildman–Crippen LogP) is 5.96.